The maximum atomic E-state index is 6.10. The molecule has 1 N–H and O–H groups in total. The summed E-state index contributed by atoms with van der Waals surface area (Å²) in [6, 6.07) is 1.87. The van der Waals surface area contributed by atoms with Crippen molar-refractivity contribution in [1.29, 1.82) is 0 Å². The van der Waals surface area contributed by atoms with Crippen LogP contribution in [0, 0.1) is 0 Å². The third-order valence-electron chi connectivity index (χ3n) is 4.01. The molecule has 2 rings (SSSR count). The van der Waals surface area contributed by atoms with E-state index >= 15 is 0 Å². The van der Waals surface area contributed by atoms with Crippen LogP contribution in [0.4, 0.5) is 0 Å². The summed E-state index contributed by atoms with van der Waals surface area (Å²) in [5.74, 6) is 0. The lowest BCUT2D eigenvalue weighted by Crippen LogP contribution is -2.41. The van der Waals surface area contributed by atoms with Gasteiger partial charge in [-0.05, 0) is 51.8 Å². The van der Waals surface area contributed by atoms with E-state index in [0.29, 0.717) is 11.6 Å². The zero-order valence-electron chi connectivity index (χ0n) is 13.2. The average molecular weight is 309 g/mol. The number of nitrogens with one attached hydrogen (secondary N) is 1. The summed E-state index contributed by atoms with van der Waals surface area (Å²) in [7, 11) is 1.52. The molecule has 21 heavy (non-hydrogen) atoms. The van der Waals surface area contributed by atoms with Gasteiger partial charge in [-0.1, -0.05) is 17.7 Å². The van der Waals surface area contributed by atoms with E-state index in [1.807, 2.05) is 46.9 Å². The van der Waals surface area contributed by atoms with E-state index in [4.69, 9.17) is 20.9 Å². The van der Waals surface area contributed by atoms with Crippen molar-refractivity contribution >= 4 is 24.8 Å². The largest absolute Gasteiger partial charge is 0.491 e. The second-order valence-electron chi connectivity index (χ2n) is 6.27. The molecule has 1 saturated heterocycles. The topological polar surface area (TPSA) is 43.4 Å². The van der Waals surface area contributed by atoms with Gasteiger partial charge in [0.15, 0.2) is 0 Å². The van der Waals surface area contributed by atoms with Gasteiger partial charge in [0, 0.05) is 18.9 Å². The Bertz CT molecular complexity index is 530. The van der Waals surface area contributed by atoms with Crippen LogP contribution in [0.1, 0.15) is 33.3 Å². The van der Waals surface area contributed by atoms with Crippen LogP contribution in [0.15, 0.2) is 23.9 Å². The highest BCUT2D eigenvalue weighted by Gasteiger charge is 2.52. The quantitative estimate of drug-likeness (QED) is 0.869. The summed E-state index contributed by atoms with van der Waals surface area (Å²) in [5, 5.41) is 3.77. The number of rotatable bonds is 4. The Morgan fingerprint density at radius 3 is 2.43 bits per heavy atom. The molecule has 0 saturated carbocycles. The number of nitrogens with zero attached hydrogens (tertiary/aromatic N) is 1. The fraction of sp³-hybridized carbons (Fsp3) is 0.533. The predicted molar refractivity (Wildman–Crippen MR) is 87.2 cm³/mol. The van der Waals surface area contributed by atoms with Gasteiger partial charge in [0.25, 0.3) is 0 Å². The van der Waals surface area contributed by atoms with Gasteiger partial charge >= 0.3 is 7.12 Å². The number of likely N-dealkylation sites (N-methyl/N-ethyl adjacent to an activating group) is 1. The lowest BCUT2D eigenvalue weighted by Gasteiger charge is -2.32. The zero-order chi connectivity index (χ0) is 15.7. The third-order valence-corrected chi connectivity index (χ3v) is 4.22. The minimum atomic E-state index is -0.374. The number of aromatic nitrogens is 1. The highest BCUT2D eigenvalue weighted by molar-refractivity contribution is 6.55. The van der Waals surface area contributed by atoms with Gasteiger partial charge in [0.1, 0.15) is 0 Å². The summed E-state index contributed by atoms with van der Waals surface area (Å²) < 4.78 is 12.2. The van der Waals surface area contributed by atoms with Crippen molar-refractivity contribution in [3.63, 3.8) is 0 Å². The van der Waals surface area contributed by atoms with Crippen molar-refractivity contribution in [1.82, 2.24) is 10.3 Å². The van der Waals surface area contributed by atoms with Crippen molar-refractivity contribution in [2.45, 2.75) is 38.9 Å². The van der Waals surface area contributed by atoms with Crippen LogP contribution in [0.5, 0.6) is 0 Å². The van der Waals surface area contributed by atoms with E-state index in [-0.39, 0.29) is 18.3 Å². The highest BCUT2D eigenvalue weighted by Crippen LogP contribution is 2.38. The van der Waals surface area contributed by atoms with E-state index in [1.54, 1.807) is 12.4 Å². The minimum Gasteiger partial charge on any atom is -0.400 e. The molecule has 114 valence electrons. The molecule has 0 radical (unpaired) electrons. The molecule has 1 aromatic heterocycles. The van der Waals surface area contributed by atoms with E-state index in [0.717, 1.165) is 11.0 Å². The number of hydrogen-bond donors (Lipinski definition) is 1. The lowest BCUT2D eigenvalue weighted by atomic mass is 9.77. The Labute approximate surface area is 132 Å². The number of hydrogen-bond acceptors (Lipinski definition) is 4. The Kier molecular flexibility index (Phi) is 4.78. The summed E-state index contributed by atoms with van der Waals surface area (Å²) in [5.41, 5.74) is 1.25. The SMILES string of the molecule is CNCC(=Cc1cncc(Cl)c1)B1OC(C)(C)C(C)(C)O1. The lowest BCUT2D eigenvalue weighted by molar-refractivity contribution is 0.00578. The summed E-state index contributed by atoms with van der Waals surface area (Å²) >= 11 is 5.99. The summed E-state index contributed by atoms with van der Waals surface area (Å²) in [6.45, 7) is 8.86. The first-order chi connectivity index (χ1) is 9.75. The Morgan fingerprint density at radius 2 is 1.90 bits per heavy atom. The standard InChI is InChI=1S/C15H22BClN2O2/c1-14(2)15(3,4)21-16(20-14)12(9-18-5)6-11-7-13(17)10-19-8-11/h6-8,10,18H,9H2,1-5H3. The predicted octanol–water partition coefficient (Wildman–Crippen LogP) is 2.97. The van der Waals surface area contributed by atoms with Crippen LogP contribution in [-0.4, -0.2) is 36.9 Å². The van der Waals surface area contributed by atoms with Crippen molar-refractivity contribution < 1.29 is 9.31 Å². The van der Waals surface area contributed by atoms with E-state index in [9.17, 15) is 0 Å². The minimum absolute atomic E-state index is 0.350. The molecule has 1 aliphatic heterocycles. The van der Waals surface area contributed by atoms with E-state index in [1.165, 1.54) is 0 Å². The normalized spacial score (nSPS) is 20.9. The molecule has 0 unspecified atom stereocenters. The van der Waals surface area contributed by atoms with Gasteiger partial charge in [0.2, 0.25) is 0 Å². The molecule has 1 fully saturated rings. The summed E-state index contributed by atoms with van der Waals surface area (Å²) in [6.07, 6.45) is 5.40. The fourth-order valence-electron chi connectivity index (χ4n) is 2.12. The molecule has 0 amide bonds. The van der Waals surface area contributed by atoms with Gasteiger partial charge in [-0.25, -0.2) is 0 Å². The van der Waals surface area contributed by atoms with Crippen molar-refractivity contribution in [3.8, 4) is 0 Å². The molecular weight excluding hydrogens is 286 g/mol. The van der Waals surface area contributed by atoms with Crippen molar-refractivity contribution in [2.75, 3.05) is 13.6 Å². The molecule has 4 nitrogen and oxygen atoms in total. The molecule has 2 heterocycles. The van der Waals surface area contributed by atoms with Gasteiger partial charge in [-0.3, -0.25) is 4.98 Å². The molecule has 0 aromatic carbocycles. The van der Waals surface area contributed by atoms with Crippen molar-refractivity contribution in [3.05, 3.63) is 34.5 Å². The molecule has 0 bridgehead atoms. The first kappa shape index (κ1) is 16.5. The smallest absolute Gasteiger partial charge is 0.400 e. The number of halogens is 1. The molecule has 0 atom stereocenters. The summed E-state index contributed by atoms with van der Waals surface area (Å²) in [4.78, 5) is 4.10. The van der Waals surface area contributed by atoms with Gasteiger partial charge in [0.05, 0.1) is 16.2 Å². The fourth-order valence-corrected chi connectivity index (χ4v) is 2.30. The van der Waals surface area contributed by atoms with Crippen LogP contribution in [0.2, 0.25) is 5.02 Å². The average Bonchev–Trinajstić information content (AvgIpc) is 2.58. The van der Waals surface area contributed by atoms with E-state index < -0.39 is 0 Å². The van der Waals surface area contributed by atoms with Crippen molar-refractivity contribution in [2.24, 2.45) is 0 Å². The van der Waals surface area contributed by atoms with E-state index in [2.05, 4.69) is 10.3 Å². The Hall–Kier alpha value is -0.875. The van der Waals surface area contributed by atoms with Gasteiger partial charge < -0.3 is 14.6 Å². The monoisotopic (exact) mass is 308 g/mol. The molecule has 1 aliphatic rings. The van der Waals surface area contributed by atoms with Crippen LogP contribution in [-0.2, 0) is 9.31 Å². The molecular formula is C15H22BClN2O2. The first-order valence-corrected chi connectivity index (χ1v) is 7.44. The highest BCUT2D eigenvalue weighted by atomic mass is 35.5. The maximum Gasteiger partial charge on any atom is 0.491 e. The molecule has 1 aromatic rings. The third kappa shape index (κ3) is 3.66. The second-order valence-corrected chi connectivity index (χ2v) is 6.71. The van der Waals surface area contributed by atoms with Crippen LogP contribution in [0.25, 0.3) is 6.08 Å². The Morgan fingerprint density at radius 1 is 1.29 bits per heavy atom. The second kappa shape index (κ2) is 6.09. The Balaban J connectivity index is 2.28. The van der Waals surface area contributed by atoms with Crippen LogP contribution in [0.3, 0.4) is 0 Å². The molecule has 0 aliphatic carbocycles. The van der Waals surface area contributed by atoms with Crippen LogP contribution >= 0.6 is 11.6 Å². The van der Waals surface area contributed by atoms with Gasteiger partial charge in [-0.2, -0.15) is 0 Å². The van der Waals surface area contributed by atoms with Gasteiger partial charge in [-0.15, -0.1) is 0 Å². The molecule has 0 spiro atoms. The zero-order valence-corrected chi connectivity index (χ0v) is 14.0. The maximum absolute atomic E-state index is 6.10. The first-order valence-electron chi connectivity index (χ1n) is 7.06. The number of pyridine rings is 1. The molecule has 6 heteroatoms. The van der Waals surface area contributed by atoms with Crippen LogP contribution < -0.4 is 5.32 Å².